The van der Waals surface area contributed by atoms with Crippen molar-refractivity contribution in [3.8, 4) is 22.5 Å². The summed E-state index contributed by atoms with van der Waals surface area (Å²) in [6.45, 7) is 0. The van der Waals surface area contributed by atoms with Crippen LogP contribution in [0.3, 0.4) is 0 Å². The van der Waals surface area contributed by atoms with E-state index in [1.54, 1.807) is 29.2 Å². The van der Waals surface area contributed by atoms with Crippen LogP contribution in [0.1, 0.15) is 0 Å². The van der Waals surface area contributed by atoms with Crippen molar-refractivity contribution in [1.82, 2.24) is 19.6 Å². The minimum absolute atomic E-state index is 0.256. The highest BCUT2D eigenvalue weighted by atomic mass is 19.1. The molecule has 4 rings (SSSR count). The number of rotatable bonds is 3. The molecule has 0 aliphatic rings. The van der Waals surface area contributed by atoms with E-state index >= 15 is 0 Å². The van der Waals surface area contributed by atoms with Crippen molar-refractivity contribution < 1.29 is 4.39 Å². The Hall–Kier alpha value is -3.21. The van der Waals surface area contributed by atoms with Crippen molar-refractivity contribution in [2.75, 3.05) is 0 Å². The molecule has 0 fully saturated rings. The van der Waals surface area contributed by atoms with Gasteiger partial charge in [0.25, 0.3) is 0 Å². The average Bonchev–Trinajstić information content (AvgIpc) is 3.28. The van der Waals surface area contributed by atoms with Crippen LogP contribution in [0.2, 0.25) is 0 Å². The number of hydrogen-bond acceptors (Lipinski definition) is 2. The van der Waals surface area contributed by atoms with Crippen LogP contribution in [0.5, 0.6) is 0 Å². The lowest BCUT2D eigenvalue weighted by atomic mass is 10.1. The first-order valence-corrected chi connectivity index (χ1v) is 7.21. The molecule has 0 atom stereocenters. The molecule has 112 valence electrons. The maximum Gasteiger partial charge on any atom is 0.123 e. The van der Waals surface area contributed by atoms with Gasteiger partial charge in [0.2, 0.25) is 0 Å². The van der Waals surface area contributed by atoms with Crippen LogP contribution in [0.25, 0.3) is 22.5 Å². The summed E-state index contributed by atoms with van der Waals surface area (Å²) in [5.41, 5.74) is 3.85. The topological polar surface area (TPSA) is 35.6 Å². The van der Waals surface area contributed by atoms with Crippen molar-refractivity contribution in [3.63, 3.8) is 0 Å². The Balaban J connectivity index is 1.69. The van der Waals surface area contributed by atoms with E-state index in [2.05, 4.69) is 16.3 Å². The highest BCUT2D eigenvalue weighted by Gasteiger charge is 2.05. The van der Waals surface area contributed by atoms with Gasteiger partial charge in [-0.25, -0.2) is 13.8 Å². The molecular formula is C18H13FN4. The Labute approximate surface area is 132 Å². The van der Waals surface area contributed by atoms with Crippen molar-refractivity contribution in [2.24, 2.45) is 0 Å². The number of halogens is 1. The van der Waals surface area contributed by atoms with Gasteiger partial charge in [0, 0.05) is 24.2 Å². The third kappa shape index (κ3) is 2.64. The molecule has 5 heteroatoms. The Kier molecular flexibility index (Phi) is 3.24. The van der Waals surface area contributed by atoms with Gasteiger partial charge in [-0.15, -0.1) is 0 Å². The van der Waals surface area contributed by atoms with Crippen molar-refractivity contribution in [2.45, 2.75) is 0 Å². The lowest BCUT2D eigenvalue weighted by molar-refractivity contribution is 0.627. The summed E-state index contributed by atoms with van der Waals surface area (Å²) < 4.78 is 16.6. The fourth-order valence-corrected chi connectivity index (χ4v) is 2.46. The Bertz CT molecular complexity index is 924. The molecule has 0 amide bonds. The van der Waals surface area contributed by atoms with Gasteiger partial charge in [-0.1, -0.05) is 12.1 Å². The van der Waals surface area contributed by atoms with E-state index in [1.165, 1.54) is 12.1 Å². The molecule has 0 radical (unpaired) electrons. The van der Waals surface area contributed by atoms with Crippen LogP contribution < -0.4 is 0 Å². The van der Waals surface area contributed by atoms with Crippen LogP contribution in [-0.2, 0) is 0 Å². The normalized spacial score (nSPS) is 10.8. The lowest BCUT2D eigenvalue weighted by Gasteiger charge is -2.04. The standard InChI is InChI=1S/C18H13FN4/c19-16-5-7-17(8-6-16)23-13-15(12-21-23)14-3-1-4-18(11-14)22-10-2-9-20-22/h1-13H. The first kappa shape index (κ1) is 13.5. The zero-order valence-corrected chi connectivity index (χ0v) is 12.2. The van der Waals surface area contributed by atoms with Crippen LogP contribution in [0.15, 0.2) is 79.4 Å². The second-order valence-electron chi connectivity index (χ2n) is 5.15. The largest absolute Gasteiger partial charge is 0.241 e. The Morgan fingerprint density at radius 2 is 1.65 bits per heavy atom. The summed E-state index contributed by atoms with van der Waals surface area (Å²) in [6, 6.07) is 16.2. The van der Waals surface area contributed by atoms with Crippen LogP contribution in [-0.4, -0.2) is 19.6 Å². The van der Waals surface area contributed by atoms with Gasteiger partial charge in [0.1, 0.15) is 5.82 Å². The zero-order valence-electron chi connectivity index (χ0n) is 12.2. The third-order valence-corrected chi connectivity index (χ3v) is 3.62. The summed E-state index contributed by atoms with van der Waals surface area (Å²) in [6.07, 6.45) is 7.38. The first-order valence-electron chi connectivity index (χ1n) is 7.21. The number of benzene rings is 2. The zero-order chi connectivity index (χ0) is 15.6. The van der Waals surface area contributed by atoms with E-state index in [1.807, 2.05) is 41.3 Å². The second-order valence-corrected chi connectivity index (χ2v) is 5.15. The predicted molar refractivity (Wildman–Crippen MR) is 86.1 cm³/mol. The van der Waals surface area contributed by atoms with Gasteiger partial charge in [-0.2, -0.15) is 10.2 Å². The SMILES string of the molecule is Fc1ccc(-n2cc(-c3cccc(-n4cccn4)c3)cn2)cc1. The predicted octanol–water partition coefficient (Wildman–Crippen LogP) is 3.86. The van der Waals surface area contributed by atoms with Gasteiger partial charge >= 0.3 is 0 Å². The summed E-state index contributed by atoms with van der Waals surface area (Å²) in [4.78, 5) is 0. The molecule has 2 heterocycles. The molecule has 2 aromatic carbocycles. The molecule has 0 aliphatic heterocycles. The monoisotopic (exact) mass is 304 g/mol. The first-order chi connectivity index (χ1) is 11.3. The quantitative estimate of drug-likeness (QED) is 0.576. The summed E-state index contributed by atoms with van der Waals surface area (Å²) in [7, 11) is 0. The molecule has 0 spiro atoms. The molecule has 4 aromatic rings. The van der Waals surface area contributed by atoms with E-state index in [0.717, 1.165) is 22.5 Å². The van der Waals surface area contributed by atoms with Crippen LogP contribution in [0.4, 0.5) is 4.39 Å². The molecular weight excluding hydrogens is 291 g/mol. The summed E-state index contributed by atoms with van der Waals surface area (Å²) >= 11 is 0. The van der Waals surface area contributed by atoms with E-state index in [-0.39, 0.29) is 5.82 Å². The van der Waals surface area contributed by atoms with E-state index < -0.39 is 0 Å². The van der Waals surface area contributed by atoms with Gasteiger partial charge in [0.05, 0.1) is 17.6 Å². The molecule has 0 unspecified atom stereocenters. The van der Waals surface area contributed by atoms with E-state index in [0.29, 0.717) is 0 Å². The maximum atomic E-state index is 13.0. The number of hydrogen-bond donors (Lipinski definition) is 0. The highest BCUT2D eigenvalue weighted by molar-refractivity contribution is 5.65. The molecule has 23 heavy (non-hydrogen) atoms. The van der Waals surface area contributed by atoms with Gasteiger partial charge in [-0.05, 0) is 48.0 Å². The number of nitrogens with zero attached hydrogens (tertiary/aromatic N) is 4. The average molecular weight is 304 g/mol. The van der Waals surface area contributed by atoms with E-state index in [4.69, 9.17) is 0 Å². The lowest BCUT2D eigenvalue weighted by Crippen LogP contribution is -1.94. The fourth-order valence-electron chi connectivity index (χ4n) is 2.46. The fraction of sp³-hybridized carbons (Fsp3) is 0. The van der Waals surface area contributed by atoms with Gasteiger partial charge in [0.15, 0.2) is 0 Å². The highest BCUT2D eigenvalue weighted by Crippen LogP contribution is 2.22. The minimum atomic E-state index is -0.256. The molecule has 0 bridgehead atoms. The van der Waals surface area contributed by atoms with Gasteiger partial charge in [-0.3, -0.25) is 0 Å². The summed E-state index contributed by atoms with van der Waals surface area (Å²) in [5.74, 6) is -0.256. The van der Waals surface area contributed by atoms with Crippen molar-refractivity contribution in [3.05, 3.63) is 85.2 Å². The molecule has 2 aromatic heterocycles. The molecule has 0 N–H and O–H groups in total. The van der Waals surface area contributed by atoms with E-state index in [9.17, 15) is 4.39 Å². The molecule has 0 saturated carbocycles. The van der Waals surface area contributed by atoms with Crippen LogP contribution in [0, 0.1) is 5.82 Å². The third-order valence-electron chi connectivity index (χ3n) is 3.62. The van der Waals surface area contributed by atoms with Crippen molar-refractivity contribution in [1.29, 1.82) is 0 Å². The van der Waals surface area contributed by atoms with Crippen molar-refractivity contribution >= 4 is 0 Å². The summed E-state index contributed by atoms with van der Waals surface area (Å²) in [5, 5.41) is 8.60. The number of aromatic nitrogens is 4. The smallest absolute Gasteiger partial charge is 0.123 e. The minimum Gasteiger partial charge on any atom is -0.241 e. The maximum absolute atomic E-state index is 13.0. The Morgan fingerprint density at radius 3 is 2.43 bits per heavy atom. The van der Waals surface area contributed by atoms with Gasteiger partial charge < -0.3 is 0 Å². The second kappa shape index (κ2) is 5.53. The molecule has 4 nitrogen and oxygen atoms in total. The Morgan fingerprint density at radius 1 is 0.783 bits per heavy atom. The molecule has 0 aliphatic carbocycles. The van der Waals surface area contributed by atoms with Crippen LogP contribution >= 0.6 is 0 Å². The molecule has 0 saturated heterocycles.